The molecular formula is C13H19N3O2S. The van der Waals surface area contributed by atoms with Gasteiger partial charge in [0, 0.05) is 30.1 Å². The summed E-state index contributed by atoms with van der Waals surface area (Å²) in [6.07, 6.45) is 7.19. The van der Waals surface area contributed by atoms with Crippen molar-refractivity contribution >= 4 is 17.4 Å². The number of aliphatic hydroxyl groups excluding tert-OH is 1. The highest BCUT2D eigenvalue weighted by Gasteiger charge is 2.21. The van der Waals surface area contributed by atoms with Crippen LogP contribution in [0.5, 0.6) is 0 Å². The molecule has 0 aliphatic heterocycles. The third-order valence-electron chi connectivity index (χ3n) is 3.19. The van der Waals surface area contributed by atoms with Gasteiger partial charge in [0.1, 0.15) is 5.01 Å². The standard InChI is InChI=1S/C13H19N3O2S/c1-2-11(12-14-5-6-19-12)16-13(18)15-10-4-3-9(7-10)8-17/h3-6,9-11,17H,2,7-8H2,1H3,(H2,15,16,18)/t9-,10+,11?/m0/s1. The number of aliphatic hydroxyl groups is 1. The van der Waals surface area contributed by atoms with Crippen molar-refractivity contribution in [2.75, 3.05) is 6.61 Å². The van der Waals surface area contributed by atoms with Crippen molar-refractivity contribution < 1.29 is 9.90 Å². The first kappa shape index (κ1) is 14.0. The van der Waals surface area contributed by atoms with E-state index in [0.717, 1.165) is 17.8 Å². The summed E-state index contributed by atoms with van der Waals surface area (Å²) in [7, 11) is 0. The highest BCUT2D eigenvalue weighted by molar-refractivity contribution is 7.09. The monoisotopic (exact) mass is 281 g/mol. The molecule has 1 aromatic rings. The maximum Gasteiger partial charge on any atom is 0.315 e. The van der Waals surface area contributed by atoms with Gasteiger partial charge in [-0.25, -0.2) is 9.78 Å². The van der Waals surface area contributed by atoms with E-state index >= 15 is 0 Å². The van der Waals surface area contributed by atoms with E-state index in [9.17, 15) is 4.79 Å². The first-order valence-electron chi connectivity index (χ1n) is 6.48. The number of carbonyl (C=O) groups is 1. The Balaban J connectivity index is 1.82. The summed E-state index contributed by atoms with van der Waals surface area (Å²) < 4.78 is 0. The molecule has 2 amide bonds. The van der Waals surface area contributed by atoms with E-state index in [4.69, 9.17) is 5.11 Å². The minimum Gasteiger partial charge on any atom is -0.396 e. The Hall–Kier alpha value is -1.40. The summed E-state index contributed by atoms with van der Waals surface area (Å²) in [5.74, 6) is 0.159. The van der Waals surface area contributed by atoms with E-state index in [1.165, 1.54) is 0 Å². The molecule has 1 unspecified atom stereocenters. The van der Waals surface area contributed by atoms with Gasteiger partial charge in [0.25, 0.3) is 0 Å². The molecule has 5 nitrogen and oxygen atoms in total. The lowest BCUT2D eigenvalue weighted by molar-refractivity contribution is 0.228. The quantitative estimate of drug-likeness (QED) is 0.721. The predicted molar refractivity (Wildman–Crippen MR) is 74.9 cm³/mol. The Bertz CT molecular complexity index is 433. The molecule has 3 atom stereocenters. The third-order valence-corrected chi connectivity index (χ3v) is 4.08. The average molecular weight is 281 g/mol. The number of hydrogen-bond acceptors (Lipinski definition) is 4. The molecule has 1 heterocycles. The second-order valence-electron chi connectivity index (χ2n) is 4.62. The van der Waals surface area contributed by atoms with Gasteiger partial charge in [-0.05, 0) is 12.8 Å². The molecule has 0 bridgehead atoms. The SMILES string of the molecule is CCC(NC(=O)N[C@@H]1C=C[C@H](CO)C1)c1nccs1. The lowest BCUT2D eigenvalue weighted by Gasteiger charge is -2.18. The van der Waals surface area contributed by atoms with Gasteiger partial charge in [-0.15, -0.1) is 11.3 Å². The molecule has 0 radical (unpaired) electrons. The fourth-order valence-corrected chi connectivity index (χ4v) is 2.90. The van der Waals surface area contributed by atoms with E-state index in [1.54, 1.807) is 17.5 Å². The fourth-order valence-electron chi connectivity index (χ4n) is 2.13. The molecule has 0 fully saturated rings. The fraction of sp³-hybridized carbons (Fsp3) is 0.538. The van der Waals surface area contributed by atoms with Crippen molar-refractivity contribution in [1.82, 2.24) is 15.6 Å². The zero-order chi connectivity index (χ0) is 13.7. The Labute approximate surface area is 116 Å². The van der Waals surface area contributed by atoms with Crippen molar-refractivity contribution in [1.29, 1.82) is 0 Å². The molecule has 0 aromatic carbocycles. The number of nitrogens with zero attached hydrogens (tertiary/aromatic N) is 1. The average Bonchev–Trinajstić information content (AvgIpc) is 3.06. The van der Waals surface area contributed by atoms with Gasteiger partial charge in [-0.2, -0.15) is 0 Å². The van der Waals surface area contributed by atoms with Gasteiger partial charge < -0.3 is 15.7 Å². The highest BCUT2D eigenvalue weighted by atomic mass is 32.1. The van der Waals surface area contributed by atoms with Crippen LogP contribution < -0.4 is 10.6 Å². The van der Waals surface area contributed by atoms with Gasteiger partial charge in [0.05, 0.1) is 6.04 Å². The van der Waals surface area contributed by atoms with Crippen molar-refractivity contribution in [3.05, 3.63) is 28.7 Å². The molecule has 1 aliphatic rings. The summed E-state index contributed by atoms with van der Waals surface area (Å²) in [5.41, 5.74) is 0. The van der Waals surface area contributed by atoms with Gasteiger partial charge in [-0.3, -0.25) is 0 Å². The normalized spacial score (nSPS) is 23.3. The lowest BCUT2D eigenvalue weighted by atomic mass is 10.1. The number of carbonyl (C=O) groups excluding carboxylic acids is 1. The molecule has 1 aliphatic carbocycles. The molecule has 0 saturated heterocycles. The first-order valence-corrected chi connectivity index (χ1v) is 7.36. The van der Waals surface area contributed by atoms with Crippen LogP contribution in [0.2, 0.25) is 0 Å². The summed E-state index contributed by atoms with van der Waals surface area (Å²) in [6.45, 7) is 2.15. The van der Waals surface area contributed by atoms with Crippen LogP contribution in [-0.4, -0.2) is 28.8 Å². The van der Waals surface area contributed by atoms with Gasteiger partial charge in [-0.1, -0.05) is 19.1 Å². The Morgan fingerprint density at radius 1 is 1.63 bits per heavy atom. The van der Waals surface area contributed by atoms with Crippen molar-refractivity contribution in [2.45, 2.75) is 31.8 Å². The van der Waals surface area contributed by atoms with E-state index < -0.39 is 0 Å². The van der Waals surface area contributed by atoms with E-state index in [1.807, 2.05) is 24.5 Å². The number of hydrogen-bond donors (Lipinski definition) is 3. The number of amides is 2. The second kappa shape index (κ2) is 6.68. The van der Waals surface area contributed by atoms with E-state index in [-0.39, 0.29) is 30.6 Å². The highest BCUT2D eigenvalue weighted by Crippen LogP contribution is 2.19. The van der Waals surface area contributed by atoms with Crippen LogP contribution in [0.1, 0.15) is 30.8 Å². The molecule has 1 aromatic heterocycles. The second-order valence-corrected chi connectivity index (χ2v) is 5.54. The maximum absolute atomic E-state index is 11.9. The summed E-state index contributed by atoms with van der Waals surface area (Å²) in [6, 6.07) is -0.222. The van der Waals surface area contributed by atoms with Gasteiger partial charge in [0.2, 0.25) is 0 Å². The summed E-state index contributed by atoms with van der Waals surface area (Å²) in [4.78, 5) is 16.1. The van der Waals surface area contributed by atoms with Crippen LogP contribution in [0.3, 0.4) is 0 Å². The molecular weight excluding hydrogens is 262 g/mol. The lowest BCUT2D eigenvalue weighted by Crippen LogP contribution is -2.42. The van der Waals surface area contributed by atoms with Crippen LogP contribution in [0.15, 0.2) is 23.7 Å². The number of thiazole rings is 1. The van der Waals surface area contributed by atoms with Gasteiger partial charge >= 0.3 is 6.03 Å². The number of urea groups is 1. The van der Waals surface area contributed by atoms with E-state index in [2.05, 4.69) is 15.6 Å². The first-order chi connectivity index (χ1) is 9.22. The van der Waals surface area contributed by atoms with Crippen LogP contribution >= 0.6 is 11.3 Å². The van der Waals surface area contributed by atoms with Crippen LogP contribution in [0.4, 0.5) is 4.79 Å². The van der Waals surface area contributed by atoms with Crippen molar-refractivity contribution in [3.8, 4) is 0 Å². The minimum absolute atomic E-state index is 0.00551. The largest absolute Gasteiger partial charge is 0.396 e. The van der Waals surface area contributed by atoms with Gasteiger partial charge in [0.15, 0.2) is 0 Å². The van der Waals surface area contributed by atoms with Crippen LogP contribution in [0, 0.1) is 5.92 Å². The zero-order valence-electron chi connectivity index (χ0n) is 10.9. The Morgan fingerprint density at radius 2 is 2.47 bits per heavy atom. The van der Waals surface area contributed by atoms with E-state index in [0.29, 0.717) is 0 Å². The van der Waals surface area contributed by atoms with Crippen molar-refractivity contribution in [2.24, 2.45) is 5.92 Å². The minimum atomic E-state index is -0.185. The van der Waals surface area contributed by atoms with Crippen molar-refractivity contribution in [3.63, 3.8) is 0 Å². The third kappa shape index (κ3) is 3.78. The molecule has 104 valence electrons. The molecule has 0 saturated carbocycles. The smallest absolute Gasteiger partial charge is 0.315 e. The molecule has 3 N–H and O–H groups in total. The molecule has 2 rings (SSSR count). The number of nitrogens with one attached hydrogen (secondary N) is 2. The Kier molecular flexibility index (Phi) is 4.93. The summed E-state index contributed by atoms with van der Waals surface area (Å²) in [5, 5.41) is 17.7. The number of rotatable bonds is 5. The Morgan fingerprint density at radius 3 is 3.05 bits per heavy atom. The predicted octanol–water partition coefficient (Wildman–Crippen LogP) is 1.83. The molecule has 0 spiro atoms. The van der Waals surface area contributed by atoms with Crippen LogP contribution in [-0.2, 0) is 0 Å². The maximum atomic E-state index is 11.9. The molecule has 19 heavy (non-hydrogen) atoms. The zero-order valence-corrected chi connectivity index (χ0v) is 11.7. The van der Waals surface area contributed by atoms with Crippen LogP contribution in [0.25, 0.3) is 0 Å². The molecule has 6 heteroatoms. The topological polar surface area (TPSA) is 74.2 Å². The summed E-state index contributed by atoms with van der Waals surface area (Å²) >= 11 is 1.54. The number of aromatic nitrogens is 1.